The van der Waals surface area contributed by atoms with E-state index in [4.69, 9.17) is 10.8 Å². The maximum atomic E-state index is 13.1. The van der Waals surface area contributed by atoms with Crippen LogP contribution >= 0.6 is 0 Å². The van der Waals surface area contributed by atoms with E-state index in [0.717, 1.165) is 0 Å². The molecule has 0 aliphatic rings. The van der Waals surface area contributed by atoms with E-state index in [0.29, 0.717) is 19.3 Å². The minimum Gasteiger partial charge on any atom is -0.481 e. The molecule has 0 fully saturated rings. The highest BCUT2D eigenvalue weighted by Crippen LogP contribution is 2.12. The van der Waals surface area contributed by atoms with Gasteiger partial charge in [-0.15, -0.1) is 0 Å². The topological polar surface area (TPSA) is 188 Å². The third-order valence-electron chi connectivity index (χ3n) is 5.91. The molecule has 0 aromatic rings. The molecule has 0 aliphatic heterocycles. The van der Waals surface area contributed by atoms with Crippen molar-refractivity contribution >= 4 is 29.7 Å². The standard InChI is InChI=1S/C23H42N4O7/c1-7-13(5)18(26-20(30)15(24)11-12(3)4)22(32)25-16(9-10-17(28)29)21(31)27-19(23(33)34)14(6)8-2/h12-16,18-19H,7-11,24H2,1-6H3,(H,25,32)(H,26,30)(H,27,31)(H,28,29)(H,33,34). The molecular formula is C23H42N4O7. The average molecular weight is 487 g/mol. The molecule has 0 spiro atoms. The van der Waals surface area contributed by atoms with Crippen LogP contribution in [0.4, 0.5) is 0 Å². The maximum Gasteiger partial charge on any atom is 0.326 e. The average Bonchev–Trinajstić information content (AvgIpc) is 2.75. The predicted molar refractivity (Wildman–Crippen MR) is 127 cm³/mol. The normalized spacial score (nSPS) is 16.5. The monoisotopic (exact) mass is 486 g/mol. The Bertz CT molecular complexity index is 713. The first-order valence-electron chi connectivity index (χ1n) is 11.9. The summed E-state index contributed by atoms with van der Waals surface area (Å²) in [4.78, 5) is 61.1. The molecule has 0 aromatic carbocycles. The van der Waals surface area contributed by atoms with E-state index in [9.17, 15) is 29.1 Å². The van der Waals surface area contributed by atoms with Crippen LogP contribution in [0.2, 0.25) is 0 Å². The van der Waals surface area contributed by atoms with Crippen molar-refractivity contribution in [2.45, 2.75) is 97.8 Å². The number of carboxylic acids is 2. The van der Waals surface area contributed by atoms with E-state index in [-0.39, 0.29) is 24.2 Å². The van der Waals surface area contributed by atoms with Gasteiger partial charge in [0.05, 0.1) is 6.04 Å². The highest BCUT2D eigenvalue weighted by Gasteiger charge is 2.33. The van der Waals surface area contributed by atoms with E-state index in [2.05, 4.69) is 16.0 Å². The summed E-state index contributed by atoms with van der Waals surface area (Å²) in [5.74, 6) is -4.87. The van der Waals surface area contributed by atoms with Crippen molar-refractivity contribution in [2.24, 2.45) is 23.5 Å². The van der Waals surface area contributed by atoms with Crippen LogP contribution in [0.25, 0.3) is 0 Å². The number of nitrogens with two attached hydrogens (primary N) is 1. The second-order valence-corrected chi connectivity index (χ2v) is 9.31. The second kappa shape index (κ2) is 15.3. The number of aliphatic carboxylic acids is 2. The molecule has 0 radical (unpaired) electrons. The zero-order valence-corrected chi connectivity index (χ0v) is 21.1. The number of hydrogen-bond acceptors (Lipinski definition) is 6. The smallest absolute Gasteiger partial charge is 0.326 e. The fourth-order valence-corrected chi connectivity index (χ4v) is 3.31. The van der Waals surface area contributed by atoms with Gasteiger partial charge in [0.2, 0.25) is 17.7 Å². The lowest BCUT2D eigenvalue weighted by Crippen LogP contribution is -2.59. The summed E-state index contributed by atoms with van der Waals surface area (Å²) >= 11 is 0. The SMILES string of the molecule is CCC(C)C(NC(=O)C(CCC(=O)O)NC(=O)C(NC(=O)C(N)CC(C)C)C(C)CC)C(=O)O. The van der Waals surface area contributed by atoms with Gasteiger partial charge in [-0.05, 0) is 30.6 Å². The molecule has 0 aromatic heterocycles. The fourth-order valence-electron chi connectivity index (χ4n) is 3.31. The van der Waals surface area contributed by atoms with E-state index >= 15 is 0 Å². The lowest BCUT2D eigenvalue weighted by molar-refractivity contribution is -0.144. The van der Waals surface area contributed by atoms with Crippen molar-refractivity contribution in [3.63, 3.8) is 0 Å². The third-order valence-corrected chi connectivity index (χ3v) is 5.91. The number of rotatable bonds is 16. The molecule has 0 saturated heterocycles. The summed E-state index contributed by atoms with van der Waals surface area (Å²) in [5.41, 5.74) is 5.93. The van der Waals surface area contributed by atoms with Gasteiger partial charge in [-0.3, -0.25) is 19.2 Å². The third kappa shape index (κ3) is 11.0. The summed E-state index contributed by atoms with van der Waals surface area (Å²) in [5, 5.41) is 26.1. The molecular weight excluding hydrogens is 444 g/mol. The fraction of sp³-hybridized carbons (Fsp3) is 0.783. The van der Waals surface area contributed by atoms with E-state index in [1.54, 1.807) is 20.8 Å². The van der Waals surface area contributed by atoms with Crippen molar-refractivity contribution in [3.05, 3.63) is 0 Å². The zero-order valence-electron chi connectivity index (χ0n) is 21.1. The number of carbonyl (C=O) groups is 5. The van der Waals surface area contributed by atoms with Crippen molar-refractivity contribution in [3.8, 4) is 0 Å². The second-order valence-electron chi connectivity index (χ2n) is 9.31. The number of carbonyl (C=O) groups excluding carboxylic acids is 3. The lowest BCUT2D eigenvalue weighted by Gasteiger charge is -2.28. The van der Waals surface area contributed by atoms with Crippen molar-refractivity contribution in [2.75, 3.05) is 0 Å². The van der Waals surface area contributed by atoms with Gasteiger partial charge in [0.1, 0.15) is 18.1 Å². The van der Waals surface area contributed by atoms with Crippen LogP contribution in [-0.4, -0.2) is 64.0 Å². The molecule has 7 N–H and O–H groups in total. The quantitative estimate of drug-likeness (QED) is 0.185. The number of hydrogen-bond donors (Lipinski definition) is 6. The molecule has 11 heteroatoms. The summed E-state index contributed by atoms with van der Waals surface area (Å²) in [6.07, 6.45) is 0.796. The first kappa shape index (κ1) is 31.3. The molecule has 6 atom stereocenters. The largest absolute Gasteiger partial charge is 0.481 e. The highest BCUT2D eigenvalue weighted by molar-refractivity contribution is 5.94. The summed E-state index contributed by atoms with van der Waals surface area (Å²) < 4.78 is 0. The number of carboxylic acid groups (broad SMARTS) is 2. The Balaban J connectivity index is 5.66. The first-order valence-corrected chi connectivity index (χ1v) is 11.9. The molecule has 0 aliphatic carbocycles. The molecule has 3 amide bonds. The Labute approximate surface area is 201 Å². The number of nitrogens with one attached hydrogen (secondary N) is 3. The zero-order chi connectivity index (χ0) is 26.6. The molecule has 0 heterocycles. The molecule has 0 bridgehead atoms. The van der Waals surface area contributed by atoms with Gasteiger partial charge in [-0.2, -0.15) is 0 Å². The van der Waals surface area contributed by atoms with E-state index < -0.39 is 60.2 Å². The van der Waals surface area contributed by atoms with Gasteiger partial charge in [-0.25, -0.2) is 4.79 Å². The van der Waals surface area contributed by atoms with Crippen molar-refractivity contribution in [1.82, 2.24) is 16.0 Å². The maximum absolute atomic E-state index is 13.1. The van der Waals surface area contributed by atoms with Crippen LogP contribution < -0.4 is 21.7 Å². The summed E-state index contributed by atoms with van der Waals surface area (Å²) in [6, 6.07) is -4.29. The van der Waals surface area contributed by atoms with Crippen molar-refractivity contribution < 1.29 is 34.2 Å². The number of amides is 3. The Morgan fingerprint density at radius 2 is 1.26 bits per heavy atom. The van der Waals surface area contributed by atoms with Gasteiger partial charge in [0.15, 0.2) is 0 Å². The Kier molecular flexibility index (Phi) is 14.1. The molecule has 34 heavy (non-hydrogen) atoms. The van der Waals surface area contributed by atoms with Gasteiger partial charge in [-0.1, -0.05) is 54.4 Å². The van der Waals surface area contributed by atoms with Gasteiger partial charge >= 0.3 is 11.9 Å². The highest BCUT2D eigenvalue weighted by atomic mass is 16.4. The Morgan fingerprint density at radius 1 is 0.765 bits per heavy atom. The van der Waals surface area contributed by atoms with Crippen LogP contribution in [-0.2, 0) is 24.0 Å². The molecule has 6 unspecified atom stereocenters. The first-order chi connectivity index (χ1) is 15.7. The molecule has 196 valence electrons. The van der Waals surface area contributed by atoms with Gasteiger partial charge in [0.25, 0.3) is 0 Å². The molecule has 0 saturated carbocycles. The lowest BCUT2D eigenvalue weighted by atomic mass is 9.96. The minimum atomic E-state index is -1.29. The van der Waals surface area contributed by atoms with Gasteiger partial charge < -0.3 is 31.9 Å². The predicted octanol–water partition coefficient (Wildman–Crippen LogP) is 0.856. The molecule has 0 rings (SSSR count). The van der Waals surface area contributed by atoms with Crippen LogP contribution in [0, 0.1) is 17.8 Å². The van der Waals surface area contributed by atoms with Crippen LogP contribution in [0.1, 0.15) is 73.6 Å². The van der Waals surface area contributed by atoms with Crippen LogP contribution in [0.5, 0.6) is 0 Å². The molecule has 11 nitrogen and oxygen atoms in total. The Morgan fingerprint density at radius 3 is 1.71 bits per heavy atom. The summed E-state index contributed by atoms with van der Waals surface area (Å²) in [7, 11) is 0. The summed E-state index contributed by atoms with van der Waals surface area (Å²) in [6.45, 7) is 10.9. The Hall–Kier alpha value is -2.69. The van der Waals surface area contributed by atoms with Crippen molar-refractivity contribution in [1.29, 1.82) is 0 Å². The van der Waals surface area contributed by atoms with E-state index in [1.807, 2.05) is 20.8 Å². The van der Waals surface area contributed by atoms with Crippen LogP contribution in [0.3, 0.4) is 0 Å². The minimum absolute atomic E-state index is 0.174. The van der Waals surface area contributed by atoms with Gasteiger partial charge in [0, 0.05) is 6.42 Å². The van der Waals surface area contributed by atoms with Crippen LogP contribution in [0.15, 0.2) is 0 Å². The van der Waals surface area contributed by atoms with E-state index in [1.165, 1.54) is 0 Å².